The molecule has 0 amide bonds. The average Bonchev–Trinajstić information content (AvgIpc) is 3.18. The quantitative estimate of drug-likeness (QED) is 0.505. The van der Waals surface area contributed by atoms with Crippen LogP contribution in [0.15, 0.2) is 40.9 Å². The van der Waals surface area contributed by atoms with E-state index in [2.05, 4.69) is 19.8 Å². The molecule has 0 bridgehead atoms. The largest absolute Gasteiger partial charge is 0.424 e. The third-order valence-corrected chi connectivity index (χ3v) is 6.08. The van der Waals surface area contributed by atoms with E-state index >= 15 is 0 Å². The van der Waals surface area contributed by atoms with Gasteiger partial charge < -0.3 is 19.8 Å². The molecule has 0 unspecified atom stereocenters. The van der Waals surface area contributed by atoms with Crippen molar-refractivity contribution >= 4 is 34.0 Å². The molecule has 2 saturated heterocycles. The lowest BCUT2D eigenvalue weighted by molar-refractivity contribution is 0.0104. The van der Waals surface area contributed by atoms with Crippen LogP contribution in [-0.2, 0) is 4.74 Å². The van der Waals surface area contributed by atoms with Gasteiger partial charge in [-0.1, -0.05) is 19.9 Å². The second-order valence-corrected chi connectivity index (χ2v) is 7.99. The molecule has 0 atom stereocenters. The number of rotatable bonds is 3. The zero-order chi connectivity index (χ0) is 22.9. The molecule has 8 nitrogen and oxygen atoms in total. The van der Waals surface area contributed by atoms with Gasteiger partial charge in [0.2, 0.25) is 0 Å². The molecule has 2 aliphatic heterocycles. The van der Waals surface area contributed by atoms with E-state index in [4.69, 9.17) is 19.9 Å². The highest BCUT2D eigenvalue weighted by atomic mass is 19.1. The van der Waals surface area contributed by atoms with E-state index in [0.717, 1.165) is 56.2 Å². The third kappa shape index (κ3) is 4.09. The van der Waals surface area contributed by atoms with Crippen LogP contribution in [0.2, 0.25) is 0 Å². The van der Waals surface area contributed by atoms with Crippen molar-refractivity contribution in [3.8, 4) is 11.1 Å². The fourth-order valence-electron chi connectivity index (χ4n) is 4.33. The Balaban J connectivity index is 0.00000111. The van der Waals surface area contributed by atoms with Crippen LogP contribution in [0, 0.1) is 5.82 Å². The molecule has 33 heavy (non-hydrogen) atoms. The second-order valence-electron chi connectivity index (χ2n) is 7.99. The fraction of sp³-hybridized carbons (Fsp3) is 0.375. The lowest BCUT2D eigenvalue weighted by Gasteiger charge is -2.47. The molecule has 172 valence electrons. The topological polar surface area (TPSA) is 93.5 Å². The van der Waals surface area contributed by atoms with Crippen LogP contribution in [0.1, 0.15) is 13.8 Å². The maximum atomic E-state index is 14.7. The molecule has 0 saturated carbocycles. The number of nitrogen functional groups attached to an aromatic ring is 1. The molecule has 9 heteroatoms. The summed E-state index contributed by atoms with van der Waals surface area (Å²) in [7, 11) is 0. The Bertz CT molecular complexity index is 1280. The van der Waals surface area contributed by atoms with E-state index in [9.17, 15) is 4.39 Å². The molecule has 0 radical (unpaired) electrons. The van der Waals surface area contributed by atoms with Crippen LogP contribution in [-0.4, -0.2) is 65.3 Å². The summed E-state index contributed by atoms with van der Waals surface area (Å²) in [5, 5.41) is 0. The van der Waals surface area contributed by atoms with Gasteiger partial charge in [-0.25, -0.2) is 9.37 Å². The van der Waals surface area contributed by atoms with Gasteiger partial charge in [0, 0.05) is 43.9 Å². The number of hydrogen-bond acceptors (Lipinski definition) is 8. The van der Waals surface area contributed by atoms with Crippen molar-refractivity contribution in [2.24, 2.45) is 0 Å². The predicted molar refractivity (Wildman–Crippen MR) is 127 cm³/mol. The minimum Gasteiger partial charge on any atom is -0.424 e. The Hall–Kier alpha value is -3.30. The molecule has 2 aliphatic rings. The summed E-state index contributed by atoms with van der Waals surface area (Å²) >= 11 is 0. The Morgan fingerprint density at radius 1 is 1.00 bits per heavy atom. The summed E-state index contributed by atoms with van der Waals surface area (Å²) in [4.78, 5) is 18.2. The van der Waals surface area contributed by atoms with Crippen molar-refractivity contribution in [3.63, 3.8) is 0 Å². The van der Waals surface area contributed by atoms with Gasteiger partial charge in [-0.2, -0.15) is 4.98 Å². The standard InChI is InChI=1S/C22H21FN6O2.C2H6/c23-16-9-20-19(27-22(24)31-20)8-15(16)13-1-2-17-18(7-13)26-21(10-25-17)29-11-14(12-29)28-3-5-30-6-4-28;1-2/h1-2,7-10,14H,3-6,11-12H2,(H2,24,27);1-2H3. The number of oxazole rings is 1. The molecule has 2 aromatic heterocycles. The lowest BCUT2D eigenvalue weighted by Crippen LogP contribution is -2.61. The Labute approximate surface area is 191 Å². The van der Waals surface area contributed by atoms with Crippen molar-refractivity contribution in [2.75, 3.05) is 50.0 Å². The number of benzene rings is 2. The van der Waals surface area contributed by atoms with Gasteiger partial charge >= 0.3 is 0 Å². The number of nitrogens with two attached hydrogens (primary N) is 1. The molecule has 4 aromatic rings. The highest BCUT2D eigenvalue weighted by Crippen LogP contribution is 2.31. The molecule has 2 N–H and O–H groups in total. The summed E-state index contributed by atoms with van der Waals surface area (Å²) in [6, 6.07) is 9.06. The minimum absolute atomic E-state index is 0.0190. The number of nitrogens with zero attached hydrogens (tertiary/aromatic N) is 5. The average molecular weight is 451 g/mol. The molecule has 0 aliphatic carbocycles. The van der Waals surface area contributed by atoms with Crippen molar-refractivity contribution in [1.29, 1.82) is 0 Å². The summed E-state index contributed by atoms with van der Waals surface area (Å²) in [5.74, 6) is 0.442. The van der Waals surface area contributed by atoms with Gasteiger partial charge in [-0.05, 0) is 23.8 Å². The number of ether oxygens (including phenoxy) is 1. The number of anilines is 2. The summed E-state index contributed by atoms with van der Waals surface area (Å²) in [6.45, 7) is 9.44. The minimum atomic E-state index is -0.400. The van der Waals surface area contributed by atoms with E-state index in [1.165, 1.54) is 6.07 Å². The van der Waals surface area contributed by atoms with E-state index in [-0.39, 0.29) is 6.01 Å². The van der Waals surface area contributed by atoms with Crippen molar-refractivity contribution in [2.45, 2.75) is 19.9 Å². The van der Waals surface area contributed by atoms with Crippen LogP contribution in [0.4, 0.5) is 16.2 Å². The first kappa shape index (κ1) is 21.5. The first-order valence-corrected chi connectivity index (χ1v) is 11.3. The lowest BCUT2D eigenvalue weighted by atomic mass is 10.0. The van der Waals surface area contributed by atoms with Gasteiger partial charge in [-0.15, -0.1) is 0 Å². The Morgan fingerprint density at radius 3 is 2.58 bits per heavy atom. The highest BCUT2D eigenvalue weighted by Gasteiger charge is 2.33. The molecule has 0 spiro atoms. The Kier molecular flexibility index (Phi) is 5.82. The number of hydrogen-bond donors (Lipinski definition) is 1. The van der Waals surface area contributed by atoms with Gasteiger partial charge in [0.25, 0.3) is 6.01 Å². The van der Waals surface area contributed by atoms with Crippen molar-refractivity contribution in [1.82, 2.24) is 19.9 Å². The number of aromatic nitrogens is 3. The predicted octanol–water partition coefficient (Wildman–Crippen LogP) is 3.71. The van der Waals surface area contributed by atoms with Gasteiger partial charge in [0.05, 0.1) is 30.4 Å². The highest BCUT2D eigenvalue weighted by molar-refractivity contribution is 5.86. The molecular weight excluding hydrogens is 423 g/mol. The summed E-state index contributed by atoms with van der Waals surface area (Å²) < 4.78 is 25.4. The van der Waals surface area contributed by atoms with Crippen LogP contribution in [0.3, 0.4) is 0 Å². The summed E-state index contributed by atoms with van der Waals surface area (Å²) in [6.07, 6.45) is 1.81. The normalized spacial score (nSPS) is 17.1. The fourth-order valence-corrected chi connectivity index (χ4v) is 4.33. The molecule has 6 rings (SSSR count). The molecule has 4 heterocycles. The zero-order valence-corrected chi connectivity index (χ0v) is 18.8. The maximum Gasteiger partial charge on any atom is 0.292 e. The number of halogens is 1. The molecular formula is C24H27FN6O2. The first-order chi connectivity index (χ1) is 16.1. The number of morpholine rings is 1. The smallest absolute Gasteiger partial charge is 0.292 e. The van der Waals surface area contributed by atoms with E-state index in [0.29, 0.717) is 28.3 Å². The van der Waals surface area contributed by atoms with E-state index < -0.39 is 5.82 Å². The van der Waals surface area contributed by atoms with Crippen LogP contribution < -0.4 is 10.6 Å². The number of fused-ring (bicyclic) bond motifs is 2. The van der Waals surface area contributed by atoms with E-state index in [1.54, 1.807) is 6.07 Å². The van der Waals surface area contributed by atoms with Gasteiger partial charge in [0.1, 0.15) is 17.2 Å². The van der Waals surface area contributed by atoms with E-state index in [1.807, 2.05) is 38.2 Å². The van der Waals surface area contributed by atoms with Crippen LogP contribution in [0.5, 0.6) is 0 Å². The van der Waals surface area contributed by atoms with Crippen LogP contribution in [0.25, 0.3) is 33.3 Å². The molecule has 2 fully saturated rings. The van der Waals surface area contributed by atoms with Crippen LogP contribution >= 0.6 is 0 Å². The van der Waals surface area contributed by atoms with Crippen molar-refractivity contribution in [3.05, 3.63) is 42.3 Å². The van der Waals surface area contributed by atoms with Gasteiger partial charge in [0.15, 0.2) is 5.58 Å². The monoisotopic (exact) mass is 450 g/mol. The third-order valence-electron chi connectivity index (χ3n) is 6.08. The maximum absolute atomic E-state index is 14.7. The summed E-state index contributed by atoms with van der Waals surface area (Å²) in [5.41, 5.74) is 9.06. The zero-order valence-electron chi connectivity index (χ0n) is 18.8. The second kappa shape index (κ2) is 8.92. The molecule has 2 aromatic carbocycles. The van der Waals surface area contributed by atoms with Crippen molar-refractivity contribution < 1.29 is 13.5 Å². The van der Waals surface area contributed by atoms with Gasteiger partial charge in [-0.3, -0.25) is 9.88 Å². The first-order valence-electron chi connectivity index (χ1n) is 11.3. The Morgan fingerprint density at radius 2 is 1.79 bits per heavy atom. The SMILES string of the molecule is CC.Nc1nc2cc(-c3ccc4ncc(N5CC(N6CCOCC6)C5)nc4c3)c(F)cc2o1.